The van der Waals surface area contributed by atoms with Crippen molar-refractivity contribution in [3.8, 4) is 0 Å². The number of benzene rings is 3. The Balaban J connectivity index is 0.00000147. The van der Waals surface area contributed by atoms with Gasteiger partial charge in [-0.2, -0.15) is 0 Å². The summed E-state index contributed by atoms with van der Waals surface area (Å²) >= 11 is 0. The van der Waals surface area contributed by atoms with E-state index in [9.17, 15) is 0 Å². The van der Waals surface area contributed by atoms with E-state index in [0.29, 0.717) is 0 Å². The van der Waals surface area contributed by atoms with Gasteiger partial charge in [-0.05, 0) is 0 Å². The maximum atomic E-state index is 2.26. The van der Waals surface area contributed by atoms with Crippen molar-refractivity contribution in [1.29, 1.82) is 0 Å². The summed E-state index contributed by atoms with van der Waals surface area (Å²) in [5, 5.41) is 4.42. The molecule has 0 radical (unpaired) electrons. The van der Waals surface area contributed by atoms with Crippen LogP contribution in [0.25, 0.3) is 0 Å². The van der Waals surface area contributed by atoms with E-state index in [0.717, 1.165) is 0 Å². The summed E-state index contributed by atoms with van der Waals surface area (Å²) in [6, 6.07) is 32.7. The van der Waals surface area contributed by atoms with Crippen LogP contribution in [-0.4, -0.2) is 54.3 Å². The molecule has 0 amide bonds. The van der Waals surface area contributed by atoms with E-state index < -0.39 is 8.80 Å². The minimum absolute atomic E-state index is 0. The van der Waals surface area contributed by atoms with Gasteiger partial charge in [-0.3, -0.25) is 0 Å². The van der Waals surface area contributed by atoms with Crippen LogP contribution in [0.15, 0.2) is 91.0 Å². The Hall–Kier alpha value is -0.643. The third kappa shape index (κ3) is 3.71. The van der Waals surface area contributed by atoms with Crippen LogP contribution in [0.1, 0.15) is 2.85 Å². The van der Waals surface area contributed by atoms with Crippen LogP contribution >= 0.6 is 0 Å². The van der Waals surface area contributed by atoms with Crippen LogP contribution in [-0.2, 0) is 0 Å². The van der Waals surface area contributed by atoms with E-state index >= 15 is 0 Å². The quantitative estimate of drug-likeness (QED) is 0.499. The third-order valence-corrected chi connectivity index (χ3v) is 6.55. The Morgan fingerprint density at radius 1 is 0.450 bits per heavy atom. The van der Waals surface area contributed by atoms with E-state index in [-0.39, 0.29) is 48.3 Å². The normalized spacial score (nSPS) is 10.1. The van der Waals surface area contributed by atoms with Crippen molar-refractivity contribution in [2.75, 3.05) is 0 Å². The molecule has 0 aromatic heterocycles. The summed E-state index contributed by atoms with van der Waals surface area (Å²) in [5.41, 5.74) is 0. The van der Waals surface area contributed by atoms with Crippen molar-refractivity contribution in [2.45, 2.75) is 0 Å². The molecule has 0 bridgehead atoms. The fourth-order valence-electron chi connectivity index (χ4n) is 2.51. The molecule has 0 aliphatic rings. The van der Waals surface area contributed by atoms with Crippen molar-refractivity contribution in [1.82, 2.24) is 0 Å². The molecule has 0 N–H and O–H groups in total. The predicted octanol–water partition coefficient (Wildman–Crippen LogP) is 1.78. The van der Waals surface area contributed by atoms with Crippen LogP contribution in [0.3, 0.4) is 0 Å². The summed E-state index contributed by atoms with van der Waals surface area (Å²) < 4.78 is 0. The zero-order valence-electron chi connectivity index (χ0n) is 13.4. The topological polar surface area (TPSA) is 0 Å². The molecule has 0 nitrogen and oxygen atoms in total. The van der Waals surface area contributed by atoms with Crippen molar-refractivity contribution < 1.29 is 2.85 Å². The zero-order valence-corrected chi connectivity index (χ0v) is 16.1. The van der Waals surface area contributed by atoms with Gasteiger partial charge in [-0.15, -0.1) is 0 Å². The minimum Gasteiger partial charge on any atom is -1.00 e. The SMILES string of the molecule is [H-].[H-].[Sr+2].c1ccc([SiH](c2ccccc2)c2ccccc2)cc1. The Bertz CT molecular complexity index is 539. The molecular formula is C18H18SiSr. The largest absolute Gasteiger partial charge is 2.00 e. The van der Waals surface area contributed by atoms with Gasteiger partial charge in [-0.25, -0.2) is 0 Å². The first kappa shape index (κ1) is 15.7. The Kier molecular flexibility index (Phi) is 6.27. The average Bonchev–Trinajstić information content (AvgIpc) is 2.51. The summed E-state index contributed by atoms with van der Waals surface area (Å²) in [6.07, 6.45) is 0. The molecule has 0 aliphatic carbocycles. The van der Waals surface area contributed by atoms with Crippen LogP contribution < -0.4 is 15.6 Å². The third-order valence-electron chi connectivity index (χ3n) is 3.40. The Morgan fingerprint density at radius 2 is 0.700 bits per heavy atom. The van der Waals surface area contributed by atoms with Crippen LogP contribution in [0.4, 0.5) is 0 Å². The first-order chi connectivity index (χ1) is 9.45. The number of hydrogen-bond acceptors (Lipinski definition) is 0. The zero-order chi connectivity index (χ0) is 12.9. The van der Waals surface area contributed by atoms with Crippen molar-refractivity contribution >= 4 is 69.8 Å². The molecular weight excluding hydrogens is 332 g/mol. The molecule has 0 spiro atoms. The molecule has 0 saturated carbocycles. The summed E-state index contributed by atoms with van der Waals surface area (Å²) in [5.74, 6) is 0. The monoisotopic (exact) mass is 350 g/mol. The van der Waals surface area contributed by atoms with E-state index in [1.54, 1.807) is 0 Å². The average molecular weight is 350 g/mol. The van der Waals surface area contributed by atoms with Crippen molar-refractivity contribution in [3.05, 3.63) is 91.0 Å². The summed E-state index contributed by atoms with van der Waals surface area (Å²) in [4.78, 5) is 0. The van der Waals surface area contributed by atoms with Gasteiger partial charge in [0.1, 0.15) is 8.80 Å². The van der Waals surface area contributed by atoms with Crippen LogP contribution in [0.2, 0.25) is 0 Å². The van der Waals surface area contributed by atoms with E-state index in [1.165, 1.54) is 15.6 Å². The molecule has 3 aromatic rings. The molecule has 20 heavy (non-hydrogen) atoms. The second kappa shape index (κ2) is 7.96. The molecule has 0 heterocycles. The van der Waals surface area contributed by atoms with Crippen LogP contribution in [0.5, 0.6) is 0 Å². The number of rotatable bonds is 3. The predicted molar refractivity (Wildman–Crippen MR) is 93.4 cm³/mol. The maximum absolute atomic E-state index is 2.26. The maximum Gasteiger partial charge on any atom is 2.00 e. The van der Waals surface area contributed by atoms with Gasteiger partial charge in [0.25, 0.3) is 0 Å². The molecule has 96 valence electrons. The van der Waals surface area contributed by atoms with Gasteiger partial charge in [0.05, 0.1) is 0 Å². The molecule has 3 rings (SSSR count). The first-order valence-corrected chi connectivity index (χ1v) is 8.33. The molecule has 0 aliphatic heterocycles. The molecule has 0 unspecified atom stereocenters. The second-order valence-electron chi connectivity index (χ2n) is 4.67. The molecule has 0 atom stereocenters. The molecule has 3 aromatic carbocycles. The summed E-state index contributed by atoms with van der Waals surface area (Å²) in [7, 11) is -1.31. The Morgan fingerprint density at radius 3 is 0.950 bits per heavy atom. The van der Waals surface area contributed by atoms with Gasteiger partial charge in [0.15, 0.2) is 0 Å². The Labute approximate surface area is 162 Å². The van der Waals surface area contributed by atoms with Crippen LogP contribution in [0, 0.1) is 0 Å². The smallest absolute Gasteiger partial charge is 1.00 e. The van der Waals surface area contributed by atoms with Gasteiger partial charge >= 0.3 is 45.5 Å². The number of hydrogen-bond donors (Lipinski definition) is 0. The first-order valence-electron chi connectivity index (χ1n) is 6.60. The minimum atomic E-state index is -1.31. The van der Waals surface area contributed by atoms with Crippen molar-refractivity contribution in [2.24, 2.45) is 0 Å². The van der Waals surface area contributed by atoms with Crippen molar-refractivity contribution in [3.63, 3.8) is 0 Å². The molecule has 2 heteroatoms. The fourth-order valence-corrected chi connectivity index (χ4v) is 5.49. The van der Waals surface area contributed by atoms with E-state index in [4.69, 9.17) is 0 Å². The van der Waals surface area contributed by atoms with Gasteiger partial charge in [-0.1, -0.05) is 107 Å². The molecule has 0 saturated heterocycles. The second-order valence-corrected chi connectivity index (χ2v) is 7.53. The standard InChI is InChI=1S/C18H16Si.Sr.2H/c1-4-10-16(11-5-1)19(17-12-6-2-7-13-17)18-14-8-3-9-15-18;;;/h1-15,19H;;;/q;+2;2*-1. The van der Waals surface area contributed by atoms with E-state index in [2.05, 4.69) is 91.0 Å². The van der Waals surface area contributed by atoms with E-state index in [1.807, 2.05) is 0 Å². The van der Waals surface area contributed by atoms with Gasteiger partial charge in [0, 0.05) is 0 Å². The summed E-state index contributed by atoms with van der Waals surface area (Å²) in [6.45, 7) is 0. The molecule has 0 fully saturated rings. The van der Waals surface area contributed by atoms with Gasteiger partial charge in [0.2, 0.25) is 0 Å². The fraction of sp³-hybridized carbons (Fsp3) is 0. The van der Waals surface area contributed by atoms with Gasteiger partial charge < -0.3 is 2.85 Å².